The third kappa shape index (κ3) is 6.01. The Morgan fingerprint density at radius 2 is 2.12 bits per heavy atom. The number of methoxy groups -OCH3 is 1. The molecule has 2 heterocycles. The fourth-order valence-electron chi connectivity index (χ4n) is 3.07. The molecular weight excluding hydrogens is 318 g/mol. The largest absolute Gasteiger partial charge is 0.381 e. The fraction of sp³-hybridized carbons (Fsp3) is 0.778. The second-order valence-electron chi connectivity index (χ2n) is 6.63. The van der Waals surface area contributed by atoms with Crippen molar-refractivity contribution in [2.75, 3.05) is 40.0 Å². The molecule has 2 rings (SSSR count). The topological polar surface area (TPSA) is 72.7 Å². The van der Waals surface area contributed by atoms with Crippen molar-refractivity contribution in [2.45, 2.75) is 52.2 Å². The molecule has 2 N–H and O–H groups in total. The Balaban J connectivity index is 1.81. The number of aromatic nitrogens is 2. The van der Waals surface area contributed by atoms with Crippen molar-refractivity contribution in [3.8, 4) is 0 Å². The summed E-state index contributed by atoms with van der Waals surface area (Å²) in [5.41, 5.74) is 2.09. The van der Waals surface area contributed by atoms with Crippen LogP contribution in [0.25, 0.3) is 0 Å². The second-order valence-corrected chi connectivity index (χ2v) is 6.63. The number of guanidine groups is 1. The van der Waals surface area contributed by atoms with E-state index in [9.17, 15) is 0 Å². The molecule has 0 saturated carbocycles. The lowest BCUT2D eigenvalue weighted by Gasteiger charge is -2.34. The Labute approximate surface area is 151 Å². The first-order valence-electron chi connectivity index (χ1n) is 9.25. The number of ether oxygens (including phenoxy) is 2. The van der Waals surface area contributed by atoms with E-state index in [0.29, 0.717) is 6.54 Å². The van der Waals surface area contributed by atoms with Gasteiger partial charge in [-0.2, -0.15) is 5.10 Å². The van der Waals surface area contributed by atoms with Crippen LogP contribution in [0.5, 0.6) is 0 Å². The first-order chi connectivity index (χ1) is 12.1. The van der Waals surface area contributed by atoms with Crippen molar-refractivity contribution in [3.63, 3.8) is 0 Å². The standard InChI is InChI=1S/C18H33N5O2/c1-5-19-17(21-14-18(24-4)7-11-25-12-8-18)20-9-6-10-23-16(3)13-15(2)22-23/h13H,5-12,14H2,1-4H3,(H2,19,20,21). The van der Waals surface area contributed by atoms with E-state index < -0.39 is 0 Å². The minimum Gasteiger partial charge on any atom is -0.381 e. The zero-order chi connectivity index (χ0) is 18.1. The first-order valence-corrected chi connectivity index (χ1v) is 9.25. The lowest BCUT2D eigenvalue weighted by atomic mass is 9.94. The summed E-state index contributed by atoms with van der Waals surface area (Å²) in [5, 5.41) is 11.2. The van der Waals surface area contributed by atoms with Crippen LogP contribution in [-0.2, 0) is 16.0 Å². The Morgan fingerprint density at radius 1 is 1.36 bits per heavy atom. The maximum Gasteiger partial charge on any atom is 0.191 e. The quantitative estimate of drug-likeness (QED) is 0.423. The number of rotatable bonds is 8. The van der Waals surface area contributed by atoms with Crippen LogP contribution in [0, 0.1) is 13.8 Å². The molecule has 1 fully saturated rings. The highest BCUT2D eigenvalue weighted by molar-refractivity contribution is 5.79. The van der Waals surface area contributed by atoms with Crippen LogP contribution in [0.4, 0.5) is 0 Å². The van der Waals surface area contributed by atoms with E-state index in [0.717, 1.165) is 63.8 Å². The number of aryl methyl sites for hydroxylation is 3. The highest BCUT2D eigenvalue weighted by Gasteiger charge is 2.32. The molecule has 25 heavy (non-hydrogen) atoms. The maximum atomic E-state index is 5.75. The second kappa shape index (κ2) is 9.77. The maximum absolute atomic E-state index is 5.75. The van der Waals surface area contributed by atoms with Crippen molar-refractivity contribution in [2.24, 2.45) is 4.99 Å². The molecule has 1 aromatic rings. The van der Waals surface area contributed by atoms with Crippen LogP contribution in [0.3, 0.4) is 0 Å². The fourth-order valence-corrected chi connectivity index (χ4v) is 3.07. The van der Waals surface area contributed by atoms with Gasteiger partial charge in [0.15, 0.2) is 5.96 Å². The van der Waals surface area contributed by atoms with Gasteiger partial charge in [0.25, 0.3) is 0 Å². The van der Waals surface area contributed by atoms with Crippen molar-refractivity contribution in [1.29, 1.82) is 0 Å². The first kappa shape index (κ1) is 19.7. The molecule has 0 bridgehead atoms. The molecule has 0 unspecified atom stereocenters. The summed E-state index contributed by atoms with van der Waals surface area (Å²) in [6, 6.07) is 2.11. The zero-order valence-electron chi connectivity index (χ0n) is 16.1. The van der Waals surface area contributed by atoms with Crippen LogP contribution in [-0.4, -0.2) is 61.3 Å². The summed E-state index contributed by atoms with van der Waals surface area (Å²) in [5.74, 6) is 0.846. The van der Waals surface area contributed by atoms with Gasteiger partial charge in [0.05, 0.1) is 17.8 Å². The van der Waals surface area contributed by atoms with Gasteiger partial charge in [0, 0.05) is 58.5 Å². The van der Waals surface area contributed by atoms with E-state index in [1.165, 1.54) is 5.69 Å². The van der Waals surface area contributed by atoms with Crippen molar-refractivity contribution < 1.29 is 9.47 Å². The minimum atomic E-state index is -0.190. The van der Waals surface area contributed by atoms with E-state index in [1.807, 2.05) is 6.92 Å². The molecule has 1 aliphatic heterocycles. The Kier molecular flexibility index (Phi) is 7.71. The third-order valence-corrected chi connectivity index (χ3v) is 4.65. The molecule has 1 aliphatic rings. The number of hydrogen-bond acceptors (Lipinski definition) is 4. The van der Waals surface area contributed by atoms with Gasteiger partial charge in [0.2, 0.25) is 0 Å². The van der Waals surface area contributed by atoms with Gasteiger partial charge in [0.1, 0.15) is 0 Å². The van der Waals surface area contributed by atoms with Crippen LogP contribution < -0.4 is 10.6 Å². The van der Waals surface area contributed by atoms with Gasteiger partial charge < -0.3 is 20.1 Å². The molecule has 7 heteroatoms. The summed E-state index contributed by atoms with van der Waals surface area (Å²) in [6.45, 7) is 10.9. The monoisotopic (exact) mass is 351 g/mol. The van der Waals surface area contributed by atoms with E-state index >= 15 is 0 Å². The Morgan fingerprint density at radius 3 is 2.72 bits per heavy atom. The molecule has 0 aliphatic carbocycles. The lowest BCUT2D eigenvalue weighted by Crippen LogP contribution is -2.44. The molecule has 142 valence electrons. The van der Waals surface area contributed by atoms with Crippen molar-refractivity contribution in [1.82, 2.24) is 20.4 Å². The Bertz CT molecular complexity index is 550. The summed E-state index contributed by atoms with van der Waals surface area (Å²) in [7, 11) is 1.77. The molecule has 0 radical (unpaired) electrons. The van der Waals surface area contributed by atoms with E-state index in [-0.39, 0.29) is 5.60 Å². The van der Waals surface area contributed by atoms with Gasteiger partial charge >= 0.3 is 0 Å². The molecule has 0 aromatic carbocycles. The average molecular weight is 351 g/mol. The summed E-state index contributed by atoms with van der Waals surface area (Å²) in [6.07, 6.45) is 2.78. The summed E-state index contributed by atoms with van der Waals surface area (Å²) in [4.78, 5) is 4.74. The SMILES string of the molecule is CCNC(=NCC1(OC)CCOCC1)NCCCn1nc(C)cc1C. The van der Waals surface area contributed by atoms with Crippen LogP contribution in [0.1, 0.15) is 37.6 Å². The van der Waals surface area contributed by atoms with Crippen LogP contribution in [0.15, 0.2) is 11.1 Å². The molecule has 1 saturated heterocycles. The van der Waals surface area contributed by atoms with Crippen molar-refractivity contribution in [3.05, 3.63) is 17.5 Å². The Hall–Kier alpha value is -1.60. The van der Waals surface area contributed by atoms with E-state index in [1.54, 1.807) is 7.11 Å². The predicted octanol–water partition coefficient (Wildman–Crippen LogP) is 1.64. The number of nitrogens with one attached hydrogen (secondary N) is 2. The molecule has 7 nitrogen and oxygen atoms in total. The smallest absolute Gasteiger partial charge is 0.191 e. The number of aliphatic imine (C=N–C) groups is 1. The predicted molar refractivity (Wildman–Crippen MR) is 100 cm³/mol. The normalized spacial score (nSPS) is 17.5. The average Bonchev–Trinajstić information content (AvgIpc) is 2.94. The number of nitrogens with zero attached hydrogens (tertiary/aromatic N) is 3. The molecule has 0 atom stereocenters. The molecule has 0 spiro atoms. The third-order valence-electron chi connectivity index (χ3n) is 4.65. The lowest BCUT2D eigenvalue weighted by molar-refractivity contribution is -0.0828. The molecule has 0 amide bonds. The van der Waals surface area contributed by atoms with Gasteiger partial charge in [-0.3, -0.25) is 9.67 Å². The van der Waals surface area contributed by atoms with E-state index in [2.05, 4.69) is 40.3 Å². The van der Waals surface area contributed by atoms with Crippen molar-refractivity contribution >= 4 is 5.96 Å². The van der Waals surface area contributed by atoms with E-state index in [4.69, 9.17) is 14.5 Å². The van der Waals surface area contributed by atoms with Gasteiger partial charge in [-0.05, 0) is 33.3 Å². The van der Waals surface area contributed by atoms with Crippen LogP contribution >= 0.6 is 0 Å². The van der Waals surface area contributed by atoms with Gasteiger partial charge in [-0.1, -0.05) is 0 Å². The molecule has 1 aromatic heterocycles. The molecular formula is C18H33N5O2. The minimum absolute atomic E-state index is 0.190. The van der Waals surface area contributed by atoms with Crippen LogP contribution in [0.2, 0.25) is 0 Å². The zero-order valence-corrected chi connectivity index (χ0v) is 16.1. The number of hydrogen-bond donors (Lipinski definition) is 2. The highest BCUT2D eigenvalue weighted by Crippen LogP contribution is 2.24. The highest BCUT2D eigenvalue weighted by atomic mass is 16.5. The van der Waals surface area contributed by atoms with Gasteiger partial charge in [-0.25, -0.2) is 0 Å². The summed E-state index contributed by atoms with van der Waals surface area (Å²) < 4.78 is 13.3. The van der Waals surface area contributed by atoms with Gasteiger partial charge in [-0.15, -0.1) is 0 Å². The summed E-state index contributed by atoms with van der Waals surface area (Å²) >= 11 is 0.